The van der Waals surface area contributed by atoms with E-state index in [1.54, 1.807) is 32.9 Å². The first kappa shape index (κ1) is 24.4. The van der Waals surface area contributed by atoms with Crippen molar-refractivity contribution in [3.63, 3.8) is 0 Å². The first-order valence-corrected chi connectivity index (χ1v) is 11.5. The summed E-state index contributed by atoms with van der Waals surface area (Å²) in [4.78, 5) is 44.8. The molecule has 0 saturated carbocycles. The highest BCUT2D eigenvalue weighted by Gasteiger charge is 2.48. The van der Waals surface area contributed by atoms with Crippen molar-refractivity contribution in [1.29, 1.82) is 0 Å². The molecule has 0 radical (unpaired) electrons. The van der Waals surface area contributed by atoms with Gasteiger partial charge in [0.1, 0.15) is 0 Å². The summed E-state index contributed by atoms with van der Waals surface area (Å²) in [5.41, 5.74) is 1.42. The number of imide groups is 1. The number of esters is 1. The highest BCUT2D eigenvalue weighted by molar-refractivity contribution is 6.30. The van der Waals surface area contributed by atoms with E-state index < -0.39 is 29.2 Å². The Morgan fingerprint density at radius 3 is 2.54 bits per heavy atom. The molecule has 2 heterocycles. The topological polar surface area (TPSA) is 107 Å². The van der Waals surface area contributed by atoms with Crippen molar-refractivity contribution in [2.45, 2.75) is 33.1 Å². The lowest BCUT2D eigenvalue weighted by Gasteiger charge is -2.49. The van der Waals surface area contributed by atoms with Gasteiger partial charge in [0.15, 0.2) is 5.79 Å². The second-order valence-electron chi connectivity index (χ2n) is 9.36. The monoisotopic (exact) mass is 497 g/mol. The summed E-state index contributed by atoms with van der Waals surface area (Å²) < 4.78 is 4.86. The SMILES string of the molecule is COC(=O)C(C)(C)CN1C(=O)NC(C)(Nc2ccc3[nH]ccc3c2)N(Cc2ccc(Cl)cc2)C1=O. The molecule has 0 aliphatic carbocycles. The van der Waals surface area contributed by atoms with Crippen LogP contribution in [0.2, 0.25) is 5.02 Å². The van der Waals surface area contributed by atoms with Crippen LogP contribution in [-0.2, 0) is 16.1 Å². The second kappa shape index (κ2) is 9.14. The van der Waals surface area contributed by atoms with Crippen LogP contribution in [0.4, 0.5) is 15.3 Å². The number of fused-ring (bicyclic) bond motifs is 1. The molecule has 1 fully saturated rings. The molecule has 4 rings (SSSR count). The Kier molecular flexibility index (Phi) is 6.38. The Hall–Kier alpha value is -3.72. The summed E-state index contributed by atoms with van der Waals surface area (Å²) >= 11 is 6.04. The minimum atomic E-state index is -1.26. The summed E-state index contributed by atoms with van der Waals surface area (Å²) in [5, 5.41) is 7.80. The van der Waals surface area contributed by atoms with Crippen LogP contribution in [0.5, 0.6) is 0 Å². The van der Waals surface area contributed by atoms with E-state index >= 15 is 0 Å². The van der Waals surface area contributed by atoms with E-state index in [9.17, 15) is 14.4 Å². The number of H-pyrrole nitrogens is 1. The normalized spacial score (nSPS) is 18.5. The number of nitrogens with zero attached hydrogens (tertiary/aromatic N) is 2. The molecule has 184 valence electrons. The molecule has 3 N–H and O–H groups in total. The second-order valence-corrected chi connectivity index (χ2v) is 9.80. The first-order valence-electron chi connectivity index (χ1n) is 11.1. The van der Waals surface area contributed by atoms with Crippen LogP contribution < -0.4 is 10.6 Å². The average molecular weight is 498 g/mol. The molecular formula is C25H28ClN5O4. The van der Waals surface area contributed by atoms with E-state index in [2.05, 4.69) is 15.6 Å². The fraction of sp³-hybridized carbons (Fsp3) is 0.320. The number of ether oxygens (including phenoxy) is 1. The number of methoxy groups -OCH3 is 1. The lowest BCUT2D eigenvalue weighted by Crippen LogP contribution is -2.74. The van der Waals surface area contributed by atoms with Crippen LogP contribution in [0.15, 0.2) is 54.7 Å². The number of aromatic amines is 1. The summed E-state index contributed by atoms with van der Waals surface area (Å²) in [7, 11) is 1.28. The van der Waals surface area contributed by atoms with Crippen LogP contribution in [0.3, 0.4) is 0 Å². The lowest BCUT2D eigenvalue weighted by molar-refractivity contribution is -0.151. The van der Waals surface area contributed by atoms with Gasteiger partial charge in [-0.3, -0.25) is 15.0 Å². The van der Waals surface area contributed by atoms with E-state index in [-0.39, 0.29) is 13.1 Å². The fourth-order valence-corrected chi connectivity index (χ4v) is 4.28. The number of amides is 4. The molecule has 9 nitrogen and oxygen atoms in total. The largest absolute Gasteiger partial charge is 0.469 e. The molecular weight excluding hydrogens is 470 g/mol. The Morgan fingerprint density at radius 2 is 1.86 bits per heavy atom. The molecule has 0 bridgehead atoms. The molecule has 1 aliphatic rings. The molecule has 1 saturated heterocycles. The van der Waals surface area contributed by atoms with Crippen LogP contribution in [0.1, 0.15) is 26.3 Å². The van der Waals surface area contributed by atoms with Crippen molar-refractivity contribution in [1.82, 2.24) is 20.1 Å². The number of hydrogen-bond donors (Lipinski definition) is 3. The predicted octanol–water partition coefficient (Wildman–Crippen LogP) is 4.75. The highest BCUT2D eigenvalue weighted by atomic mass is 35.5. The summed E-state index contributed by atoms with van der Waals surface area (Å²) in [6, 6.07) is 13.6. The lowest BCUT2D eigenvalue weighted by atomic mass is 9.93. The zero-order valence-electron chi connectivity index (χ0n) is 20.0. The number of benzene rings is 2. The molecule has 1 aliphatic heterocycles. The maximum absolute atomic E-state index is 13.7. The summed E-state index contributed by atoms with van der Waals surface area (Å²) in [6.45, 7) is 5.01. The van der Waals surface area contributed by atoms with Gasteiger partial charge >= 0.3 is 18.0 Å². The van der Waals surface area contributed by atoms with Gasteiger partial charge in [0.25, 0.3) is 0 Å². The minimum Gasteiger partial charge on any atom is -0.469 e. The quantitative estimate of drug-likeness (QED) is 0.408. The molecule has 1 aromatic heterocycles. The molecule has 10 heteroatoms. The highest BCUT2D eigenvalue weighted by Crippen LogP contribution is 2.29. The first-order chi connectivity index (χ1) is 16.5. The number of halogens is 1. The van der Waals surface area contributed by atoms with Gasteiger partial charge in [-0.15, -0.1) is 0 Å². The van der Waals surface area contributed by atoms with E-state index in [1.165, 1.54) is 12.0 Å². The maximum atomic E-state index is 13.7. The van der Waals surface area contributed by atoms with Crippen molar-refractivity contribution in [2.75, 3.05) is 19.0 Å². The Labute approximate surface area is 208 Å². The van der Waals surface area contributed by atoms with Gasteiger partial charge in [-0.05, 0) is 62.7 Å². The molecule has 35 heavy (non-hydrogen) atoms. The minimum absolute atomic E-state index is 0.146. The van der Waals surface area contributed by atoms with Crippen LogP contribution in [0.25, 0.3) is 10.9 Å². The summed E-state index contributed by atoms with van der Waals surface area (Å²) in [5.74, 6) is -1.78. The van der Waals surface area contributed by atoms with Gasteiger partial charge in [-0.25, -0.2) is 14.5 Å². The predicted molar refractivity (Wildman–Crippen MR) is 134 cm³/mol. The van der Waals surface area contributed by atoms with Crippen molar-refractivity contribution in [2.24, 2.45) is 5.41 Å². The van der Waals surface area contributed by atoms with E-state index in [0.717, 1.165) is 27.1 Å². The van der Waals surface area contributed by atoms with Crippen LogP contribution in [0, 0.1) is 5.41 Å². The molecule has 3 aromatic rings. The maximum Gasteiger partial charge on any atom is 0.331 e. The van der Waals surface area contributed by atoms with Crippen LogP contribution >= 0.6 is 11.6 Å². The van der Waals surface area contributed by atoms with Crippen molar-refractivity contribution in [3.05, 3.63) is 65.3 Å². The van der Waals surface area contributed by atoms with E-state index in [4.69, 9.17) is 16.3 Å². The van der Waals surface area contributed by atoms with E-state index in [1.807, 2.05) is 42.6 Å². The zero-order chi connectivity index (χ0) is 25.4. The van der Waals surface area contributed by atoms with Crippen molar-refractivity contribution >= 4 is 46.2 Å². The van der Waals surface area contributed by atoms with E-state index in [0.29, 0.717) is 5.02 Å². The van der Waals surface area contributed by atoms with Gasteiger partial charge in [0.05, 0.1) is 19.1 Å². The average Bonchev–Trinajstić information content (AvgIpc) is 3.28. The number of hydrogen-bond acceptors (Lipinski definition) is 5. The third-order valence-electron chi connectivity index (χ3n) is 6.08. The van der Waals surface area contributed by atoms with Gasteiger partial charge in [0, 0.05) is 34.4 Å². The zero-order valence-corrected chi connectivity index (χ0v) is 20.8. The van der Waals surface area contributed by atoms with Gasteiger partial charge in [-0.1, -0.05) is 23.7 Å². The standard InChI is InChI=1S/C25H28ClN5O4/c1-24(2,21(32)35-4)15-30-22(33)29-25(3,28-19-9-10-20-17(13-19)11-12-27-20)31(23(30)34)14-16-5-7-18(26)8-6-16/h5-13,27-28H,14-15H2,1-4H3,(H,29,33). The number of nitrogens with one attached hydrogen (secondary N) is 3. The molecule has 1 atom stereocenters. The van der Waals surface area contributed by atoms with Gasteiger partial charge in [0.2, 0.25) is 0 Å². The number of carbonyl (C=O) groups excluding carboxylic acids is 3. The third-order valence-corrected chi connectivity index (χ3v) is 6.34. The number of urea groups is 2. The number of carbonyl (C=O) groups is 3. The Morgan fingerprint density at radius 1 is 1.14 bits per heavy atom. The smallest absolute Gasteiger partial charge is 0.331 e. The Bertz CT molecular complexity index is 1270. The molecule has 2 aromatic carbocycles. The number of anilines is 1. The van der Waals surface area contributed by atoms with Gasteiger partial charge in [-0.2, -0.15) is 0 Å². The third kappa shape index (κ3) is 4.90. The number of rotatable bonds is 7. The van der Waals surface area contributed by atoms with Crippen molar-refractivity contribution in [3.8, 4) is 0 Å². The fourth-order valence-electron chi connectivity index (χ4n) is 4.15. The van der Waals surface area contributed by atoms with Crippen molar-refractivity contribution < 1.29 is 19.1 Å². The number of aromatic nitrogens is 1. The Balaban J connectivity index is 1.68. The summed E-state index contributed by atoms with van der Waals surface area (Å²) in [6.07, 6.45) is 1.84. The molecule has 0 spiro atoms. The van der Waals surface area contributed by atoms with Crippen LogP contribution in [-0.4, -0.2) is 52.3 Å². The van der Waals surface area contributed by atoms with Gasteiger partial charge < -0.3 is 15.0 Å². The molecule has 1 unspecified atom stereocenters. The molecule has 4 amide bonds.